The molecule has 1 heterocycles. The van der Waals surface area contributed by atoms with Crippen molar-refractivity contribution in [2.45, 2.75) is 12.5 Å². The molecule has 1 atom stereocenters. The van der Waals surface area contributed by atoms with Crippen molar-refractivity contribution >= 4 is 29.4 Å². The van der Waals surface area contributed by atoms with Crippen LogP contribution in [0.15, 0.2) is 42.5 Å². The lowest BCUT2D eigenvalue weighted by atomic mass is 9.91. The van der Waals surface area contributed by atoms with E-state index in [9.17, 15) is 14.4 Å². The summed E-state index contributed by atoms with van der Waals surface area (Å²) >= 11 is 5.82. The lowest BCUT2D eigenvalue weighted by Gasteiger charge is -2.23. The van der Waals surface area contributed by atoms with E-state index in [0.29, 0.717) is 27.8 Å². The van der Waals surface area contributed by atoms with E-state index in [0.717, 1.165) is 4.90 Å². The quantitative estimate of drug-likeness (QED) is 0.438. The number of hydrogen-bond acceptors (Lipinski definition) is 6. The Morgan fingerprint density at radius 1 is 1.09 bits per heavy atom. The molecule has 1 fully saturated rings. The number of ether oxygens (including phenoxy) is 3. The highest BCUT2D eigenvalue weighted by molar-refractivity contribution is 6.30. The molecule has 0 unspecified atom stereocenters. The summed E-state index contributed by atoms with van der Waals surface area (Å²) < 4.78 is 16.0. The van der Waals surface area contributed by atoms with Gasteiger partial charge in [-0.25, -0.2) is 4.79 Å². The zero-order valence-electron chi connectivity index (χ0n) is 17.9. The minimum atomic E-state index is -1.34. The van der Waals surface area contributed by atoms with E-state index >= 15 is 0 Å². The maximum atomic E-state index is 13.0. The van der Waals surface area contributed by atoms with Crippen LogP contribution in [0.3, 0.4) is 0 Å². The van der Waals surface area contributed by atoms with E-state index in [2.05, 4.69) is 10.6 Å². The Hall–Kier alpha value is -3.46. The molecule has 1 aliphatic rings. The van der Waals surface area contributed by atoms with Crippen molar-refractivity contribution in [3.05, 3.63) is 53.1 Å². The maximum Gasteiger partial charge on any atom is 0.325 e. The number of urea groups is 1. The van der Waals surface area contributed by atoms with Crippen molar-refractivity contribution in [2.24, 2.45) is 0 Å². The first kappa shape index (κ1) is 23.2. The lowest BCUT2D eigenvalue weighted by molar-refractivity contribution is -0.134. The Kier molecular flexibility index (Phi) is 7.09. The van der Waals surface area contributed by atoms with E-state index in [1.54, 1.807) is 49.4 Å². The normalized spacial score (nSPS) is 17.7. The van der Waals surface area contributed by atoms with Crippen molar-refractivity contribution in [1.29, 1.82) is 0 Å². The number of rotatable bonds is 9. The van der Waals surface area contributed by atoms with Gasteiger partial charge in [-0.2, -0.15) is 0 Å². The number of methoxy groups -OCH3 is 2. The molecule has 32 heavy (non-hydrogen) atoms. The fourth-order valence-electron chi connectivity index (χ4n) is 3.27. The van der Waals surface area contributed by atoms with Crippen LogP contribution in [0, 0.1) is 0 Å². The van der Waals surface area contributed by atoms with E-state index in [1.807, 2.05) is 0 Å². The molecule has 0 spiro atoms. The molecule has 1 aliphatic heterocycles. The Bertz CT molecular complexity index is 1010. The molecule has 170 valence electrons. The first-order valence-electron chi connectivity index (χ1n) is 9.80. The first-order valence-corrected chi connectivity index (χ1v) is 10.2. The summed E-state index contributed by atoms with van der Waals surface area (Å²) in [5.74, 6) is 0.509. The van der Waals surface area contributed by atoms with Gasteiger partial charge in [-0.1, -0.05) is 17.7 Å². The van der Waals surface area contributed by atoms with E-state index in [-0.39, 0.29) is 13.2 Å². The van der Waals surface area contributed by atoms with Crippen LogP contribution in [0.2, 0.25) is 5.02 Å². The number of carbonyl (C=O) groups is 3. The smallest absolute Gasteiger partial charge is 0.325 e. The zero-order valence-corrected chi connectivity index (χ0v) is 18.7. The maximum absolute atomic E-state index is 13.0. The monoisotopic (exact) mass is 461 g/mol. The Morgan fingerprint density at radius 2 is 1.78 bits per heavy atom. The largest absolute Gasteiger partial charge is 0.493 e. The summed E-state index contributed by atoms with van der Waals surface area (Å²) in [4.78, 5) is 38.6. The van der Waals surface area contributed by atoms with Crippen LogP contribution in [-0.4, -0.2) is 56.7 Å². The molecule has 2 aromatic rings. The number of benzene rings is 2. The molecule has 1 saturated heterocycles. The minimum Gasteiger partial charge on any atom is -0.493 e. The summed E-state index contributed by atoms with van der Waals surface area (Å²) in [7, 11) is 2.98. The third-order valence-corrected chi connectivity index (χ3v) is 5.30. The summed E-state index contributed by atoms with van der Waals surface area (Å²) in [6.45, 7) is 1.59. The highest BCUT2D eigenvalue weighted by Gasteiger charge is 2.49. The predicted octanol–water partition coefficient (Wildman–Crippen LogP) is 2.32. The van der Waals surface area contributed by atoms with E-state index < -0.39 is 29.9 Å². The van der Waals surface area contributed by atoms with E-state index in [1.165, 1.54) is 14.2 Å². The lowest BCUT2D eigenvalue weighted by Crippen LogP contribution is -2.43. The van der Waals surface area contributed by atoms with Gasteiger partial charge in [0.1, 0.15) is 24.4 Å². The number of nitrogens with one attached hydrogen (secondary N) is 2. The minimum absolute atomic E-state index is 0.206. The Morgan fingerprint density at radius 3 is 2.44 bits per heavy atom. The molecule has 2 aromatic carbocycles. The fraction of sp³-hybridized carbons (Fsp3) is 0.318. The number of amides is 4. The summed E-state index contributed by atoms with van der Waals surface area (Å²) in [5.41, 5.74) is -0.831. The van der Waals surface area contributed by atoms with Gasteiger partial charge in [0.2, 0.25) is 5.91 Å². The van der Waals surface area contributed by atoms with Crippen molar-refractivity contribution < 1.29 is 28.6 Å². The molecule has 0 aliphatic carbocycles. The SMILES string of the molecule is COc1ccc([C@]2(C)NC(=O)N(CC(=O)NCCOc3ccc(Cl)cc3)C2=O)cc1OC. The second kappa shape index (κ2) is 9.78. The Balaban J connectivity index is 1.58. The molecular formula is C22H24ClN3O6. The third kappa shape index (κ3) is 4.88. The average Bonchev–Trinajstić information content (AvgIpc) is 3.01. The van der Waals surface area contributed by atoms with Crippen molar-refractivity contribution in [1.82, 2.24) is 15.5 Å². The van der Waals surface area contributed by atoms with Gasteiger partial charge in [0, 0.05) is 5.02 Å². The molecule has 10 heteroatoms. The summed E-state index contributed by atoms with van der Waals surface area (Å²) in [6.07, 6.45) is 0. The molecule has 4 amide bonds. The van der Waals surface area contributed by atoms with Crippen LogP contribution in [0.25, 0.3) is 0 Å². The van der Waals surface area contributed by atoms with Gasteiger partial charge in [-0.15, -0.1) is 0 Å². The number of carbonyl (C=O) groups excluding carboxylic acids is 3. The highest BCUT2D eigenvalue weighted by atomic mass is 35.5. The molecule has 0 bridgehead atoms. The number of hydrogen-bond donors (Lipinski definition) is 2. The van der Waals surface area contributed by atoms with Gasteiger partial charge in [0.05, 0.1) is 20.8 Å². The van der Waals surface area contributed by atoms with Crippen LogP contribution < -0.4 is 24.8 Å². The van der Waals surface area contributed by atoms with Gasteiger partial charge in [-0.3, -0.25) is 14.5 Å². The van der Waals surface area contributed by atoms with Gasteiger partial charge in [-0.05, 0) is 48.9 Å². The molecule has 2 N–H and O–H groups in total. The second-order valence-corrected chi connectivity index (χ2v) is 7.60. The summed E-state index contributed by atoms with van der Waals surface area (Å²) in [5, 5.41) is 5.89. The summed E-state index contributed by atoms with van der Waals surface area (Å²) in [6, 6.07) is 11.1. The van der Waals surface area contributed by atoms with Crippen LogP contribution in [-0.2, 0) is 15.1 Å². The van der Waals surface area contributed by atoms with Gasteiger partial charge in [0.25, 0.3) is 5.91 Å². The number of halogens is 1. The third-order valence-electron chi connectivity index (χ3n) is 5.04. The zero-order chi connectivity index (χ0) is 23.3. The van der Waals surface area contributed by atoms with Gasteiger partial charge >= 0.3 is 6.03 Å². The van der Waals surface area contributed by atoms with E-state index in [4.69, 9.17) is 25.8 Å². The molecule has 0 radical (unpaired) electrons. The first-order chi connectivity index (χ1) is 15.3. The standard InChI is InChI=1S/C22H24ClN3O6/c1-22(14-4-9-17(30-2)18(12-14)31-3)20(28)26(21(29)25-22)13-19(27)24-10-11-32-16-7-5-15(23)6-8-16/h4-9,12H,10-11,13H2,1-3H3,(H,24,27)(H,25,29)/t22-/m0/s1. The predicted molar refractivity (Wildman–Crippen MR) is 117 cm³/mol. The van der Waals surface area contributed by atoms with Gasteiger partial charge < -0.3 is 24.8 Å². The molecule has 3 rings (SSSR count). The molecule has 0 aromatic heterocycles. The fourth-order valence-corrected chi connectivity index (χ4v) is 3.40. The van der Waals surface area contributed by atoms with Crippen LogP contribution in [0.5, 0.6) is 17.2 Å². The van der Waals surface area contributed by atoms with Crippen molar-refractivity contribution in [3.63, 3.8) is 0 Å². The highest BCUT2D eigenvalue weighted by Crippen LogP contribution is 2.35. The number of nitrogens with zero attached hydrogens (tertiary/aromatic N) is 1. The molecule has 0 saturated carbocycles. The average molecular weight is 462 g/mol. The topological polar surface area (TPSA) is 106 Å². The Labute approximate surface area is 190 Å². The second-order valence-electron chi connectivity index (χ2n) is 7.17. The van der Waals surface area contributed by atoms with Crippen LogP contribution in [0.1, 0.15) is 12.5 Å². The molecular weight excluding hydrogens is 438 g/mol. The van der Waals surface area contributed by atoms with Crippen LogP contribution in [0.4, 0.5) is 4.79 Å². The van der Waals surface area contributed by atoms with Crippen LogP contribution >= 0.6 is 11.6 Å². The van der Waals surface area contributed by atoms with Gasteiger partial charge in [0.15, 0.2) is 11.5 Å². The molecule has 9 nitrogen and oxygen atoms in total. The van der Waals surface area contributed by atoms with Crippen molar-refractivity contribution in [2.75, 3.05) is 33.9 Å². The number of imide groups is 1. The van der Waals surface area contributed by atoms with Crippen molar-refractivity contribution in [3.8, 4) is 17.2 Å².